The summed E-state index contributed by atoms with van der Waals surface area (Å²) >= 11 is 0. The highest BCUT2D eigenvalue weighted by atomic mass is 16.2. The van der Waals surface area contributed by atoms with Crippen LogP contribution in [0.5, 0.6) is 0 Å². The van der Waals surface area contributed by atoms with E-state index in [1.54, 1.807) is 19.0 Å². The van der Waals surface area contributed by atoms with Crippen LogP contribution in [0, 0.1) is 0 Å². The van der Waals surface area contributed by atoms with E-state index >= 15 is 0 Å². The SMILES string of the molecule is C.C.C=C(C)CC(=O)N(C)C. The molecular formula is C9H21NO. The number of rotatable bonds is 2. The molecule has 2 nitrogen and oxygen atoms in total. The molecule has 0 atom stereocenters. The lowest BCUT2D eigenvalue weighted by atomic mass is 10.2. The number of hydrogen-bond donors (Lipinski definition) is 0. The molecule has 0 fully saturated rings. The van der Waals surface area contributed by atoms with Crippen molar-refractivity contribution >= 4 is 5.91 Å². The Morgan fingerprint density at radius 3 is 1.82 bits per heavy atom. The third kappa shape index (κ3) is 9.21. The monoisotopic (exact) mass is 159 g/mol. The summed E-state index contributed by atoms with van der Waals surface area (Å²) in [5.41, 5.74) is 0.911. The minimum atomic E-state index is 0. The number of nitrogens with zero attached hydrogens (tertiary/aromatic N) is 1. The van der Waals surface area contributed by atoms with E-state index in [1.165, 1.54) is 0 Å². The molecule has 0 aromatic rings. The predicted molar refractivity (Wildman–Crippen MR) is 51.6 cm³/mol. The van der Waals surface area contributed by atoms with Gasteiger partial charge in [-0.15, -0.1) is 0 Å². The summed E-state index contributed by atoms with van der Waals surface area (Å²) in [5.74, 6) is 0.113. The minimum absolute atomic E-state index is 0. The summed E-state index contributed by atoms with van der Waals surface area (Å²) in [7, 11) is 3.48. The van der Waals surface area contributed by atoms with Gasteiger partial charge in [-0.2, -0.15) is 0 Å². The van der Waals surface area contributed by atoms with E-state index in [9.17, 15) is 4.79 Å². The quantitative estimate of drug-likeness (QED) is 0.566. The summed E-state index contributed by atoms with van der Waals surface area (Å²) in [4.78, 5) is 12.4. The average molecular weight is 159 g/mol. The van der Waals surface area contributed by atoms with Gasteiger partial charge in [0.25, 0.3) is 0 Å². The molecule has 11 heavy (non-hydrogen) atoms. The number of carbonyl (C=O) groups is 1. The second kappa shape index (κ2) is 7.32. The smallest absolute Gasteiger partial charge is 0.226 e. The number of carbonyl (C=O) groups excluding carboxylic acids is 1. The molecule has 0 aliphatic rings. The van der Waals surface area contributed by atoms with Crippen molar-refractivity contribution in [2.24, 2.45) is 0 Å². The van der Waals surface area contributed by atoms with Gasteiger partial charge in [0, 0.05) is 20.5 Å². The lowest BCUT2D eigenvalue weighted by Gasteiger charge is -2.08. The maximum atomic E-state index is 10.8. The van der Waals surface area contributed by atoms with Crippen LogP contribution in [-0.2, 0) is 4.79 Å². The van der Waals surface area contributed by atoms with E-state index in [-0.39, 0.29) is 20.8 Å². The van der Waals surface area contributed by atoms with E-state index in [0.29, 0.717) is 6.42 Å². The third-order valence-electron chi connectivity index (χ3n) is 0.952. The highest BCUT2D eigenvalue weighted by molar-refractivity contribution is 5.77. The van der Waals surface area contributed by atoms with Crippen LogP contribution in [0.25, 0.3) is 0 Å². The van der Waals surface area contributed by atoms with Crippen LogP contribution in [-0.4, -0.2) is 24.9 Å². The standard InChI is InChI=1S/C7H13NO.2CH4/c1-6(2)5-7(9)8(3)4;;/h1,5H2,2-4H3;2*1H4. The molecular weight excluding hydrogens is 138 g/mol. The average Bonchev–Trinajstić information content (AvgIpc) is 1.63. The molecule has 0 aliphatic carbocycles. The van der Waals surface area contributed by atoms with Crippen LogP contribution < -0.4 is 0 Å². The fourth-order valence-electron chi connectivity index (χ4n) is 0.416. The topological polar surface area (TPSA) is 20.3 Å². The first-order valence-electron chi connectivity index (χ1n) is 2.88. The Morgan fingerprint density at radius 2 is 1.73 bits per heavy atom. The van der Waals surface area contributed by atoms with Gasteiger partial charge < -0.3 is 4.90 Å². The van der Waals surface area contributed by atoms with Crippen molar-refractivity contribution in [1.29, 1.82) is 0 Å². The summed E-state index contributed by atoms with van der Waals surface area (Å²) in [5, 5.41) is 0. The Balaban J connectivity index is -0.000000320. The van der Waals surface area contributed by atoms with Gasteiger partial charge in [0.1, 0.15) is 0 Å². The Hall–Kier alpha value is -0.790. The van der Waals surface area contributed by atoms with Crippen LogP contribution >= 0.6 is 0 Å². The van der Waals surface area contributed by atoms with Crippen LogP contribution in [0.15, 0.2) is 12.2 Å². The maximum Gasteiger partial charge on any atom is 0.226 e. The van der Waals surface area contributed by atoms with Crippen molar-refractivity contribution in [2.45, 2.75) is 28.2 Å². The highest BCUT2D eigenvalue weighted by Gasteiger charge is 2.01. The van der Waals surface area contributed by atoms with Crippen LogP contribution in [0.1, 0.15) is 28.2 Å². The summed E-state index contributed by atoms with van der Waals surface area (Å²) in [6.07, 6.45) is 0.465. The zero-order valence-electron chi connectivity index (χ0n) is 6.27. The van der Waals surface area contributed by atoms with Crippen molar-refractivity contribution in [1.82, 2.24) is 4.90 Å². The van der Waals surface area contributed by atoms with Crippen LogP contribution in [0.2, 0.25) is 0 Å². The molecule has 0 aliphatic heterocycles. The lowest BCUT2D eigenvalue weighted by Crippen LogP contribution is -2.21. The number of hydrogen-bond acceptors (Lipinski definition) is 1. The van der Waals surface area contributed by atoms with Gasteiger partial charge in [-0.05, 0) is 6.92 Å². The summed E-state index contributed by atoms with van der Waals surface area (Å²) in [6, 6.07) is 0. The van der Waals surface area contributed by atoms with Gasteiger partial charge in [0.05, 0.1) is 0 Å². The van der Waals surface area contributed by atoms with Crippen molar-refractivity contribution < 1.29 is 4.79 Å². The van der Waals surface area contributed by atoms with Gasteiger partial charge >= 0.3 is 0 Å². The fraction of sp³-hybridized carbons (Fsp3) is 0.667. The minimum Gasteiger partial charge on any atom is -0.349 e. The van der Waals surface area contributed by atoms with Gasteiger partial charge in [0.2, 0.25) is 5.91 Å². The first-order chi connectivity index (χ1) is 4.04. The van der Waals surface area contributed by atoms with Crippen molar-refractivity contribution in [3.05, 3.63) is 12.2 Å². The molecule has 0 unspecified atom stereocenters. The Kier molecular flexibility index (Phi) is 11.1. The third-order valence-corrected chi connectivity index (χ3v) is 0.952. The molecule has 0 bridgehead atoms. The summed E-state index contributed by atoms with van der Waals surface area (Å²) in [6.45, 7) is 5.48. The normalized spacial score (nSPS) is 7.18. The summed E-state index contributed by atoms with van der Waals surface area (Å²) < 4.78 is 0. The molecule has 0 rings (SSSR count). The molecule has 68 valence electrons. The van der Waals surface area contributed by atoms with Crippen molar-refractivity contribution in [3.63, 3.8) is 0 Å². The lowest BCUT2D eigenvalue weighted by molar-refractivity contribution is -0.127. The van der Waals surface area contributed by atoms with Gasteiger partial charge in [0.15, 0.2) is 0 Å². The Morgan fingerprint density at radius 1 is 1.36 bits per heavy atom. The fourth-order valence-corrected chi connectivity index (χ4v) is 0.416. The molecule has 0 heterocycles. The maximum absolute atomic E-state index is 10.8. The van der Waals surface area contributed by atoms with E-state index in [4.69, 9.17) is 0 Å². The highest BCUT2D eigenvalue weighted by Crippen LogP contribution is 1.96. The molecule has 2 heteroatoms. The first-order valence-corrected chi connectivity index (χ1v) is 2.88. The van der Waals surface area contributed by atoms with E-state index in [1.807, 2.05) is 6.92 Å². The zero-order chi connectivity index (χ0) is 7.44. The van der Waals surface area contributed by atoms with Crippen molar-refractivity contribution in [2.75, 3.05) is 14.1 Å². The molecule has 0 radical (unpaired) electrons. The Bertz CT molecular complexity index is 128. The molecule has 0 N–H and O–H groups in total. The largest absolute Gasteiger partial charge is 0.349 e. The van der Waals surface area contributed by atoms with Crippen LogP contribution in [0.3, 0.4) is 0 Å². The van der Waals surface area contributed by atoms with Gasteiger partial charge in [-0.25, -0.2) is 0 Å². The Labute approximate surface area is 70.9 Å². The van der Waals surface area contributed by atoms with E-state index in [2.05, 4.69) is 6.58 Å². The molecule has 0 aromatic carbocycles. The van der Waals surface area contributed by atoms with Crippen molar-refractivity contribution in [3.8, 4) is 0 Å². The second-order valence-corrected chi connectivity index (χ2v) is 2.42. The van der Waals surface area contributed by atoms with Gasteiger partial charge in [-0.3, -0.25) is 4.79 Å². The van der Waals surface area contributed by atoms with Gasteiger partial charge in [-0.1, -0.05) is 27.0 Å². The first kappa shape index (κ1) is 16.7. The molecule has 0 spiro atoms. The molecule has 1 amide bonds. The number of amides is 1. The molecule has 0 aromatic heterocycles. The van der Waals surface area contributed by atoms with E-state index in [0.717, 1.165) is 5.57 Å². The second-order valence-electron chi connectivity index (χ2n) is 2.42. The van der Waals surface area contributed by atoms with Crippen LogP contribution in [0.4, 0.5) is 0 Å². The van der Waals surface area contributed by atoms with E-state index < -0.39 is 0 Å². The predicted octanol–water partition coefficient (Wildman–Crippen LogP) is 2.31. The molecule has 0 saturated carbocycles. The molecule has 0 saturated heterocycles. The zero-order valence-corrected chi connectivity index (χ0v) is 6.27.